The van der Waals surface area contributed by atoms with E-state index in [1.165, 1.54) is 11.2 Å². The molecule has 5 nitrogen and oxygen atoms in total. The standard InChI is InChI=1S/C10H14N2O3/c1-7(10(14)12(2)3)11-9(13)8-5-4-6-15-8/h4-7H,1-3H3,(H,11,13). The Labute approximate surface area is 88.0 Å². The number of rotatable bonds is 3. The van der Waals surface area contributed by atoms with Gasteiger partial charge in [-0.1, -0.05) is 0 Å². The van der Waals surface area contributed by atoms with Crippen LogP contribution in [-0.2, 0) is 4.79 Å². The largest absolute Gasteiger partial charge is 0.459 e. The molecule has 0 aliphatic heterocycles. The Morgan fingerprint density at radius 1 is 1.47 bits per heavy atom. The van der Waals surface area contributed by atoms with Crippen molar-refractivity contribution < 1.29 is 14.0 Å². The second-order valence-electron chi connectivity index (χ2n) is 3.41. The molecule has 1 rings (SSSR count). The predicted octanol–water partition coefficient (Wildman–Crippen LogP) is 0.486. The lowest BCUT2D eigenvalue weighted by Gasteiger charge is -2.17. The molecule has 0 aliphatic rings. The normalized spacial score (nSPS) is 11.9. The van der Waals surface area contributed by atoms with E-state index in [0.29, 0.717) is 0 Å². The van der Waals surface area contributed by atoms with Crippen LogP contribution in [0.5, 0.6) is 0 Å². The van der Waals surface area contributed by atoms with Gasteiger partial charge in [-0.2, -0.15) is 0 Å². The molecule has 15 heavy (non-hydrogen) atoms. The summed E-state index contributed by atoms with van der Waals surface area (Å²) < 4.78 is 4.90. The minimum absolute atomic E-state index is 0.157. The molecule has 2 amide bonds. The fraction of sp³-hybridized carbons (Fsp3) is 0.400. The minimum Gasteiger partial charge on any atom is -0.459 e. The molecule has 1 heterocycles. The lowest BCUT2D eigenvalue weighted by Crippen LogP contribution is -2.44. The molecule has 5 heteroatoms. The van der Waals surface area contributed by atoms with Gasteiger partial charge in [-0.05, 0) is 19.1 Å². The summed E-state index contributed by atoms with van der Waals surface area (Å²) in [5, 5.41) is 2.54. The second kappa shape index (κ2) is 4.63. The SMILES string of the molecule is CC(NC(=O)c1ccco1)C(=O)N(C)C. The van der Waals surface area contributed by atoms with Gasteiger partial charge in [0.05, 0.1) is 6.26 Å². The Kier molecular flexibility index (Phi) is 3.49. The van der Waals surface area contributed by atoms with Crippen LogP contribution in [0.3, 0.4) is 0 Å². The van der Waals surface area contributed by atoms with Crippen LogP contribution in [0, 0.1) is 0 Å². The van der Waals surface area contributed by atoms with Crippen molar-refractivity contribution >= 4 is 11.8 Å². The molecule has 0 aliphatic carbocycles. The van der Waals surface area contributed by atoms with Crippen LogP contribution in [0.4, 0.5) is 0 Å². The van der Waals surface area contributed by atoms with Crippen molar-refractivity contribution in [2.45, 2.75) is 13.0 Å². The van der Waals surface area contributed by atoms with Gasteiger partial charge < -0.3 is 14.6 Å². The number of hydrogen-bond acceptors (Lipinski definition) is 3. The molecule has 0 radical (unpaired) electrons. The number of nitrogens with zero attached hydrogens (tertiary/aromatic N) is 1. The maximum Gasteiger partial charge on any atom is 0.287 e. The Hall–Kier alpha value is -1.78. The molecular formula is C10H14N2O3. The van der Waals surface area contributed by atoms with Crippen LogP contribution in [-0.4, -0.2) is 36.9 Å². The van der Waals surface area contributed by atoms with Crippen LogP contribution in [0.2, 0.25) is 0 Å². The van der Waals surface area contributed by atoms with Gasteiger partial charge in [-0.15, -0.1) is 0 Å². The van der Waals surface area contributed by atoms with Crippen LogP contribution in [0.25, 0.3) is 0 Å². The summed E-state index contributed by atoms with van der Waals surface area (Å²) in [5.74, 6) is -0.342. The van der Waals surface area contributed by atoms with Crippen molar-refractivity contribution in [2.24, 2.45) is 0 Å². The van der Waals surface area contributed by atoms with Gasteiger partial charge in [0.25, 0.3) is 5.91 Å². The molecule has 1 aromatic rings. The topological polar surface area (TPSA) is 62.6 Å². The molecule has 1 N–H and O–H groups in total. The number of nitrogens with one attached hydrogen (secondary N) is 1. The van der Waals surface area contributed by atoms with E-state index >= 15 is 0 Å². The third kappa shape index (κ3) is 2.83. The Balaban J connectivity index is 2.56. The molecule has 0 saturated carbocycles. The summed E-state index contributed by atoms with van der Waals surface area (Å²) in [6.07, 6.45) is 1.41. The van der Waals surface area contributed by atoms with Gasteiger partial charge >= 0.3 is 0 Å². The zero-order chi connectivity index (χ0) is 11.4. The van der Waals surface area contributed by atoms with Gasteiger partial charge in [-0.3, -0.25) is 9.59 Å². The number of hydrogen-bond donors (Lipinski definition) is 1. The van der Waals surface area contributed by atoms with Gasteiger partial charge in [0, 0.05) is 14.1 Å². The zero-order valence-corrected chi connectivity index (χ0v) is 8.98. The van der Waals surface area contributed by atoms with Crippen molar-refractivity contribution in [3.05, 3.63) is 24.2 Å². The molecule has 0 saturated heterocycles. The summed E-state index contributed by atoms with van der Waals surface area (Å²) >= 11 is 0. The summed E-state index contributed by atoms with van der Waals surface area (Å²) in [6.45, 7) is 1.63. The average Bonchev–Trinajstić information content (AvgIpc) is 2.68. The van der Waals surface area contributed by atoms with E-state index in [1.54, 1.807) is 33.2 Å². The highest BCUT2D eigenvalue weighted by atomic mass is 16.3. The third-order valence-corrected chi connectivity index (χ3v) is 1.90. The number of amides is 2. The molecule has 1 aromatic heterocycles. The summed E-state index contributed by atoms with van der Waals surface area (Å²) in [5.41, 5.74) is 0. The van der Waals surface area contributed by atoms with Crippen LogP contribution in [0.1, 0.15) is 17.5 Å². The molecule has 0 fully saturated rings. The lowest BCUT2D eigenvalue weighted by atomic mass is 10.3. The smallest absolute Gasteiger partial charge is 0.287 e. The van der Waals surface area contributed by atoms with Crippen molar-refractivity contribution in [3.8, 4) is 0 Å². The van der Waals surface area contributed by atoms with E-state index in [0.717, 1.165) is 0 Å². The maximum absolute atomic E-state index is 11.5. The summed E-state index contributed by atoms with van der Waals surface area (Å²) in [4.78, 5) is 24.3. The van der Waals surface area contributed by atoms with Crippen molar-refractivity contribution in [1.29, 1.82) is 0 Å². The zero-order valence-electron chi connectivity index (χ0n) is 8.98. The number of furan rings is 1. The second-order valence-corrected chi connectivity index (χ2v) is 3.41. The van der Waals surface area contributed by atoms with Crippen LogP contribution in [0.15, 0.2) is 22.8 Å². The number of likely N-dealkylation sites (N-methyl/N-ethyl adjacent to an activating group) is 1. The molecule has 1 unspecified atom stereocenters. The summed E-state index contributed by atoms with van der Waals surface area (Å²) in [7, 11) is 3.27. The van der Waals surface area contributed by atoms with Gasteiger partial charge in [0.2, 0.25) is 5.91 Å². The minimum atomic E-state index is -0.558. The molecule has 1 atom stereocenters. The van der Waals surface area contributed by atoms with E-state index in [1.807, 2.05) is 0 Å². The molecule has 0 bridgehead atoms. The fourth-order valence-electron chi connectivity index (χ4n) is 1.12. The number of carbonyl (C=O) groups excluding carboxylic acids is 2. The van der Waals surface area contributed by atoms with E-state index in [-0.39, 0.29) is 17.6 Å². The fourth-order valence-corrected chi connectivity index (χ4v) is 1.12. The average molecular weight is 210 g/mol. The van der Waals surface area contributed by atoms with E-state index in [4.69, 9.17) is 4.42 Å². The van der Waals surface area contributed by atoms with Gasteiger partial charge in [-0.25, -0.2) is 0 Å². The highest BCUT2D eigenvalue weighted by Gasteiger charge is 2.18. The van der Waals surface area contributed by atoms with E-state index in [2.05, 4.69) is 5.32 Å². The molecule has 0 spiro atoms. The van der Waals surface area contributed by atoms with Crippen LogP contribution >= 0.6 is 0 Å². The maximum atomic E-state index is 11.5. The van der Waals surface area contributed by atoms with Crippen molar-refractivity contribution in [2.75, 3.05) is 14.1 Å². The predicted molar refractivity (Wildman–Crippen MR) is 54.3 cm³/mol. The van der Waals surface area contributed by atoms with E-state index < -0.39 is 6.04 Å². The van der Waals surface area contributed by atoms with E-state index in [9.17, 15) is 9.59 Å². The lowest BCUT2D eigenvalue weighted by molar-refractivity contribution is -0.130. The number of carbonyl (C=O) groups is 2. The molecule has 82 valence electrons. The Bertz CT molecular complexity index is 344. The van der Waals surface area contributed by atoms with Crippen molar-refractivity contribution in [3.63, 3.8) is 0 Å². The first-order valence-electron chi connectivity index (χ1n) is 4.58. The monoisotopic (exact) mass is 210 g/mol. The highest BCUT2D eigenvalue weighted by Crippen LogP contribution is 2.00. The quantitative estimate of drug-likeness (QED) is 0.789. The Morgan fingerprint density at radius 3 is 2.60 bits per heavy atom. The van der Waals surface area contributed by atoms with Gasteiger partial charge in [0.15, 0.2) is 5.76 Å². The first-order valence-corrected chi connectivity index (χ1v) is 4.58. The first-order chi connectivity index (χ1) is 7.02. The highest BCUT2D eigenvalue weighted by molar-refractivity contribution is 5.95. The summed E-state index contributed by atoms with van der Waals surface area (Å²) in [6, 6.07) is 2.60. The molecular weight excluding hydrogens is 196 g/mol. The van der Waals surface area contributed by atoms with Gasteiger partial charge in [0.1, 0.15) is 6.04 Å². The third-order valence-electron chi connectivity index (χ3n) is 1.90. The molecule has 0 aromatic carbocycles. The Morgan fingerprint density at radius 2 is 2.13 bits per heavy atom. The van der Waals surface area contributed by atoms with Crippen LogP contribution < -0.4 is 5.32 Å². The van der Waals surface area contributed by atoms with Crippen molar-refractivity contribution in [1.82, 2.24) is 10.2 Å². The first kappa shape index (κ1) is 11.3.